The molecule has 0 saturated carbocycles. The van der Waals surface area contributed by atoms with Crippen LogP contribution < -0.4 is 0 Å². The van der Waals surface area contributed by atoms with Crippen LogP contribution >= 0.6 is 69.3 Å². The van der Waals surface area contributed by atoms with Crippen molar-refractivity contribution in [2.75, 3.05) is 37.1 Å². The second kappa shape index (κ2) is 16.6. The summed E-state index contributed by atoms with van der Waals surface area (Å²) >= 11 is 10.6. The van der Waals surface area contributed by atoms with Crippen LogP contribution in [0.2, 0.25) is 0 Å². The van der Waals surface area contributed by atoms with Gasteiger partial charge < -0.3 is 14.0 Å². The van der Waals surface area contributed by atoms with E-state index in [1.807, 2.05) is 18.2 Å². The van der Waals surface area contributed by atoms with Crippen LogP contribution in [0.5, 0.6) is 0 Å². The average molecular weight is 684 g/mol. The van der Waals surface area contributed by atoms with Crippen molar-refractivity contribution >= 4 is 107 Å². The Labute approximate surface area is 276 Å². The first-order valence-electron chi connectivity index (χ1n) is 14.1. The summed E-state index contributed by atoms with van der Waals surface area (Å²) in [5.74, 6) is 2.80. The Kier molecular flexibility index (Phi) is 12.1. The number of para-hydroxylation sites is 3. The lowest BCUT2D eigenvalue weighted by molar-refractivity contribution is 0.0940. The van der Waals surface area contributed by atoms with Crippen LogP contribution in [0, 0.1) is 0 Å². The van der Waals surface area contributed by atoms with E-state index < -0.39 is 7.32 Å². The Morgan fingerprint density at radius 1 is 0.488 bits per heavy atom. The molecule has 0 unspecified atom stereocenters. The Bertz CT molecular complexity index is 1430. The third kappa shape index (κ3) is 9.41. The third-order valence-electron chi connectivity index (χ3n) is 6.13. The van der Waals surface area contributed by atoms with Crippen molar-refractivity contribution < 1.29 is 14.0 Å². The van der Waals surface area contributed by atoms with E-state index in [0.29, 0.717) is 19.8 Å². The Morgan fingerprint density at radius 3 is 1.14 bits per heavy atom. The Hall–Kier alpha value is -1.68. The summed E-state index contributed by atoms with van der Waals surface area (Å²) in [5, 5.41) is 0. The maximum atomic E-state index is 6.04. The summed E-state index contributed by atoms with van der Waals surface area (Å²) in [6, 6.07) is 24.8. The van der Waals surface area contributed by atoms with Crippen LogP contribution in [0.15, 0.2) is 85.8 Å². The average Bonchev–Trinajstić information content (AvgIpc) is 3.75. The lowest BCUT2D eigenvalue weighted by Gasteiger charge is -2.14. The molecular weight excluding hydrogens is 654 g/mol. The summed E-state index contributed by atoms with van der Waals surface area (Å²) in [6.07, 6.45) is 2.68. The van der Waals surface area contributed by atoms with Gasteiger partial charge in [-0.2, -0.15) is 0 Å². The zero-order chi connectivity index (χ0) is 29.1. The summed E-state index contributed by atoms with van der Waals surface area (Å²) in [6.45, 7) is 1.72. The molecule has 0 aliphatic carbocycles. The maximum Gasteiger partial charge on any atom is 0.639 e. The molecule has 13 heteroatoms. The highest BCUT2D eigenvalue weighted by molar-refractivity contribution is 8.01. The summed E-state index contributed by atoms with van der Waals surface area (Å²) < 4.78 is 25.1. The van der Waals surface area contributed by atoms with E-state index in [0.717, 1.165) is 66.1 Å². The molecule has 0 amide bonds. The second-order valence-electron chi connectivity index (χ2n) is 9.35. The molecule has 6 aromatic rings. The minimum absolute atomic E-state index is 0.573. The highest BCUT2D eigenvalue weighted by atomic mass is 32.2. The zero-order valence-corrected chi connectivity index (χ0v) is 28.3. The van der Waals surface area contributed by atoms with Crippen LogP contribution in [-0.2, 0) is 14.0 Å². The molecule has 222 valence electrons. The molecule has 3 aromatic carbocycles. The van der Waals surface area contributed by atoms with Gasteiger partial charge >= 0.3 is 7.32 Å². The molecule has 3 aromatic heterocycles. The monoisotopic (exact) mass is 683 g/mol. The van der Waals surface area contributed by atoms with Gasteiger partial charge in [-0.3, -0.25) is 0 Å². The lowest BCUT2D eigenvalue weighted by Crippen LogP contribution is -2.29. The highest BCUT2D eigenvalue weighted by Gasteiger charge is 2.21. The minimum Gasteiger partial charge on any atom is -0.386 e. The molecule has 6 rings (SSSR count). The van der Waals surface area contributed by atoms with E-state index in [1.165, 1.54) is 14.1 Å². The second-order valence-corrected chi connectivity index (χ2v) is 16.5. The van der Waals surface area contributed by atoms with Crippen molar-refractivity contribution in [1.82, 2.24) is 15.0 Å². The number of aromatic nitrogens is 3. The first kappa shape index (κ1) is 31.3. The van der Waals surface area contributed by atoms with Crippen molar-refractivity contribution in [2.24, 2.45) is 0 Å². The fraction of sp³-hybridized carbons (Fsp3) is 0.300. The topological polar surface area (TPSA) is 66.4 Å². The molecule has 0 atom stereocenters. The number of hydrogen-bond acceptors (Lipinski definition) is 12. The van der Waals surface area contributed by atoms with Crippen LogP contribution in [0.3, 0.4) is 0 Å². The van der Waals surface area contributed by atoms with Gasteiger partial charge in [0.2, 0.25) is 0 Å². The molecule has 0 radical (unpaired) electrons. The normalized spacial score (nSPS) is 11.7. The number of fused-ring (bicyclic) bond motifs is 3. The molecule has 6 nitrogen and oxygen atoms in total. The standard InChI is InChI=1S/C30H30BN3O3S6/c1-4-13-25-22(10-1)32-28(41-25)38-19-7-16-35-31(36-17-8-20-39-29-33-23-11-2-5-14-26(23)42-29)37-18-9-21-40-30-34-24-12-3-6-15-27(24)43-30/h1-6,10-15H,7-9,16-21H2. The molecule has 3 heterocycles. The predicted molar refractivity (Wildman–Crippen MR) is 188 cm³/mol. The van der Waals surface area contributed by atoms with Gasteiger partial charge in [-0.15, -0.1) is 34.0 Å². The van der Waals surface area contributed by atoms with Crippen LogP contribution in [0.25, 0.3) is 30.6 Å². The molecule has 0 aliphatic rings. The number of rotatable bonds is 18. The summed E-state index contributed by atoms with van der Waals surface area (Å²) in [4.78, 5) is 14.1. The van der Waals surface area contributed by atoms with Gasteiger partial charge in [-0.25, -0.2) is 15.0 Å². The number of hydrogen-bond donors (Lipinski definition) is 0. The smallest absolute Gasteiger partial charge is 0.386 e. The first-order chi connectivity index (χ1) is 21.3. The number of nitrogens with zero attached hydrogens (tertiary/aromatic N) is 3. The molecular formula is C30H30BN3O3S6. The Morgan fingerprint density at radius 2 is 0.814 bits per heavy atom. The van der Waals surface area contributed by atoms with Gasteiger partial charge in [-0.1, -0.05) is 71.7 Å². The fourth-order valence-electron chi connectivity index (χ4n) is 4.08. The van der Waals surface area contributed by atoms with Crippen molar-refractivity contribution in [1.29, 1.82) is 0 Å². The van der Waals surface area contributed by atoms with Gasteiger partial charge in [0.25, 0.3) is 0 Å². The molecule has 0 N–H and O–H groups in total. The van der Waals surface area contributed by atoms with Crippen LogP contribution in [0.1, 0.15) is 19.3 Å². The predicted octanol–water partition coefficient (Wildman–Crippen LogP) is 9.40. The molecule has 0 aliphatic heterocycles. The molecule has 0 spiro atoms. The fourth-order valence-corrected chi connectivity index (χ4v) is 10.2. The van der Waals surface area contributed by atoms with Gasteiger partial charge in [0.1, 0.15) is 0 Å². The quantitative estimate of drug-likeness (QED) is 0.0501. The maximum absolute atomic E-state index is 6.04. The van der Waals surface area contributed by atoms with E-state index in [9.17, 15) is 0 Å². The minimum atomic E-state index is -0.660. The highest BCUT2D eigenvalue weighted by Crippen LogP contribution is 2.31. The third-order valence-corrected chi connectivity index (χ3v) is 12.9. The van der Waals surface area contributed by atoms with Gasteiger partial charge in [0.05, 0.1) is 30.6 Å². The summed E-state index contributed by atoms with van der Waals surface area (Å²) in [7, 11) is -0.660. The molecule has 0 fully saturated rings. The number of benzene rings is 3. The van der Waals surface area contributed by atoms with Crippen molar-refractivity contribution in [3.05, 3.63) is 72.8 Å². The summed E-state index contributed by atoms with van der Waals surface area (Å²) in [5.41, 5.74) is 3.20. The van der Waals surface area contributed by atoms with Crippen molar-refractivity contribution in [3.63, 3.8) is 0 Å². The van der Waals surface area contributed by atoms with E-state index in [-0.39, 0.29) is 0 Å². The molecule has 0 saturated heterocycles. The van der Waals surface area contributed by atoms with E-state index in [1.54, 1.807) is 69.3 Å². The van der Waals surface area contributed by atoms with Crippen molar-refractivity contribution in [3.8, 4) is 0 Å². The zero-order valence-electron chi connectivity index (χ0n) is 23.4. The number of thioether (sulfide) groups is 3. The molecule has 43 heavy (non-hydrogen) atoms. The lowest BCUT2D eigenvalue weighted by atomic mass is 10.2. The van der Waals surface area contributed by atoms with Crippen LogP contribution in [-0.4, -0.2) is 59.4 Å². The van der Waals surface area contributed by atoms with E-state index in [4.69, 9.17) is 28.9 Å². The Balaban J connectivity index is 0.913. The van der Waals surface area contributed by atoms with Gasteiger partial charge in [0, 0.05) is 37.1 Å². The van der Waals surface area contributed by atoms with Crippen molar-refractivity contribution in [2.45, 2.75) is 32.3 Å². The molecule has 0 bridgehead atoms. The van der Waals surface area contributed by atoms with E-state index >= 15 is 0 Å². The SMILES string of the molecule is c1ccc2sc(SCCCOB(OCCCSc3nc4ccccc4s3)OCCCSc3nc4ccccc4s3)nc2c1. The number of thiazole rings is 3. The van der Waals surface area contributed by atoms with E-state index in [2.05, 4.69) is 54.6 Å². The van der Waals surface area contributed by atoms with Gasteiger partial charge in [-0.05, 0) is 55.7 Å². The van der Waals surface area contributed by atoms with Crippen LogP contribution in [0.4, 0.5) is 0 Å². The largest absolute Gasteiger partial charge is 0.639 e. The van der Waals surface area contributed by atoms with Gasteiger partial charge in [0.15, 0.2) is 13.0 Å². The first-order valence-corrected chi connectivity index (χ1v) is 19.5.